The van der Waals surface area contributed by atoms with Gasteiger partial charge in [0.2, 0.25) is 0 Å². The summed E-state index contributed by atoms with van der Waals surface area (Å²) in [5.41, 5.74) is 0. The molecule has 0 radical (unpaired) electrons. The molecule has 0 amide bonds. The maximum atomic E-state index is 10.9. The highest BCUT2D eigenvalue weighted by molar-refractivity contribution is 7.57. The number of aliphatic carboxylic acids is 2. The minimum Gasteiger partial charge on any atom is -0.481 e. The number of carboxylic acid groups (broad SMARTS) is 2. The second-order valence-electron chi connectivity index (χ2n) is 3.81. The van der Waals surface area contributed by atoms with E-state index in [2.05, 4.69) is 4.74 Å². The van der Waals surface area contributed by atoms with Crippen LogP contribution < -0.4 is 0 Å². The number of hydrogen-bond acceptors (Lipinski definition) is 4. The van der Waals surface area contributed by atoms with Gasteiger partial charge in [-0.05, 0) is 24.9 Å². The Kier molecular flexibility index (Phi) is 9.19. The van der Waals surface area contributed by atoms with Gasteiger partial charge in [-0.3, -0.25) is 14.4 Å². The van der Waals surface area contributed by atoms with Crippen LogP contribution in [-0.4, -0.2) is 53.7 Å². The summed E-state index contributed by atoms with van der Waals surface area (Å²) in [5, 5.41) is 17.2. The molecule has 0 aliphatic carbocycles. The van der Waals surface area contributed by atoms with Gasteiger partial charge in [0, 0.05) is 19.3 Å². The van der Waals surface area contributed by atoms with Crippen LogP contribution in [0.3, 0.4) is 0 Å². The van der Waals surface area contributed by atoms with Gasteiger partial charge in [0.05, 0.1) is 7.11 Å². The molecule has 6 nitrogen and oxygen atoms in total. The molecule has 0 saturated heterocycles. The minimum atomic E-state index is -0.870. The Labute approximate surface area is 107 Å². The molecule has 0 fully saturated rings. The summed E-state index contributed by atoms with van der Waals surface area (Å²) in [6.07, 6.45) is 2.78. The summed E-state index contributed by atoms with van der Waals surface area (Å²) in [7, 11) is 0.689. The zero-order valence-corrected chi connectivity index (χ0v) is 11.3. The molecule has 0 aliphatic rings. The first kappa shape index (κ1) is 16.8. The van der Waals surface area contributed by atoms with Crippen LogP contribution in [0.2, 0.25) is 0 Å². The fraction of sp³-hybridized carbons (Fsp3) is 0.727. The maximum Gasteiger partial charge on any atom is 0.305 e. The van der Waals surface area contributed by atoms with E-state index in [9.17, 15) is 14.4 Å². The summed E-state index contributed by atoms with van der Waals surface area (Å²) in [4.78, 5) is 31.9. The first-order chi connectivity index (χ1) is 8.45. The van der Waals surface area contributed by atoms with Crippen molar-refractivity contribution in [2.24, 2.45) is 0 Å². The van der Waals surface area contributed by atoms with E-state index in [-0.39, 0.29) is 18.8 Å². The van der Waals surface area contributed by atoms with Gasteiger partial charge in [0.1, 0.15) is 0 Å². The second-order valence-corrected chi connectivity index (χ2v) is 6.49. The van der Waals surface area contributed by atoms with E-state index in [1.54, 1.807) is 0 Å². The number of ether oxygens (including phenoxy) is 1. The highest BCUT2D eigenvalue weighted by atomic mass is 31.1. The Morgan fingerprint density at radius 3 is 1.83 bits per heavy atom. The van der Waals surface area contributed by atoms with Crippen LogP contribution in [0.15, 0.2) is 0 Å². The lowest BCUT2D eigenvalue weighted by atomic mass is 10.3. The largest absolute Gasteiger partial charge is 0.481 e. The van der Waals surface area contributed by atoms with Crippen LogP contribution in [-0.2, 0) is 19.1 Å². The Bertz CT molecular complexity index is 273. The molecule has 0 bridgehead atoms. The lowest BCUT2D eigenvalue weighted by Crippen LogP contribution is -2.07. The third-order valence-corrected chi connectivity index (χ3v) is 5.03. The van der Waals surface area contributed by atoms with E-state index in [1.165, 1.54) is 7.11 Å². The SMILES string of the molecule is COC(=O)CCCP(CCC(=O)O)CCC(=O)O. The molecule has 0 atom stereocenters. The van der Waals surface area contributed by atoms with E-state index < -0.39 is 19.9 Å². The Hall–Kier alpha value is -1.16. The highest BCUT2D eigenvalue weighted by Crippen LogP contribution is 2.38. The van der Waals surface area contributed by atoms with Gasteiger partial charge in [0.15, 0.2) is 0 Å². The summed E-state index contributed by atoms with van der Waals surface area (Å²) in [5.74, 6) is -2.03. The van der Waals surface area contributed by atoms with Crippen molar-refractivity contribution >= 4 is 25.8 Å². The van der Waals surface area contributed by atoms with Crippen LogP contribution in [0.25, 0.3) is 0 Å². The van der Waals surface area contributed by atoms with E-state index in [4.69, 9.17) is 10.2 Å². The molecule has 0 aromatic carbocycles. The average molecular weight is 278 g/mol. The summed E-state index contributed by atoms with van der Waals surface area (Å²) in [6.45, 7) is 0. The molecule has 104 valence electrons. The minimum absolute atomic E-state index is 0.0591. The standard InChI is InChI=1S/C11H19O6P/c1-17-11(16)3-2-6-18(7-4-9(12)13)8-5-10(14)15/h2-8H2,1H3,(H,12,13)(H,14,15). The third-order valence-electron chi connectivity index (χ3n) is 2.37. The van der Waals surface area contributed by atoms with Crippen molar-refractivity contribution in [3.05, 3.63) is 0 Å². The van der Waals surface area contributed by atoms with E-state index >= 15 is 0 Å². The van der Waals surface area contributed by atoms with Crippen LogP contribution in [0.5, 0.6) is 0 Å². The number of esters is 1. The highest BCUT2D eigenvalue weighted by Gasteiger charge is 2.13. The quantitative estimate of drug-likeness (QED) is 0.462. The van der Waals surface area contributed by atoms with Gasteiger partial charge < -0.3 is 14.9 Å². The van der Waals surface area contributed by atoms with Crippen molar-refractivity contribution in [1.82, 2.24) is 0 Å². The Morgan fingerprint density at radius 2 is 1.44 bits per heavy atom. The molecule has 18 heavy (non-hydrogen) atoms. The van der Waals surface area contributed by atoms with Gasteiger partial charge in [-0.1, -0.05) is 0 Å². The summed E-state index contributed by atoms with van der Waals surface area (Å²) in [6, 6.07) is 0. The summed E-state index contributed by atoms with van der Waals surface area (Å²) < 4.78 is 4.51. The van der Waals surface area contributed by atoms with E-state index in [0.29, 0.717) is 31.3 Å². The zero-order valence-electron chi connectivity index (χ0n) is 10.4. The normalized spacial score (nSPS) is 10.3. The molecule has 0 aromatic rings. The van der Waals surface area contributed by atoms with Crippen molar-refractivity contribution in [3.63, 3.8) is 0 Å². The number of carbonyl (C=O) groups is 3. The molecule has 0 unspecified atom stereocenters. The summed E-state index contributed by atoms with van der Waals surface area (Å²) >= 11 is 0. The molecule has 0 heterocycles. The number of carbonyl (C=O) groups excluding carboxylic acids is 1. The molecular weight excluding hydrogens is 259 g/mol. The third kappa shape index (κ3) is 10.0. The van der Waals surface area contributed by atoms with Gasteiger partial charge >= 0.3 is 17.9 Å². The monoisotopic (exact) mass is 278 g/mol. The molecule has 7 heteroatoms. The lowest BCUT2D eigenvalue weighted by Gasteiger charge is -2.15. The van der Waals surface area contributed by atoms with Crippen LogP contribution in [0, 0.1) is 0 Å². The predicted molar refractivity (Wildman–Crippen MR) is 67.3 cm³/mol. The molecule has 0 spiro atoms. The first-order valence-corrected chi connectivity index (χ1v) is 7.58. The Balaban J connectivity index is 3.98. The molecular formula is C11H19O6P. The first-order valence-electron chi connectivity index (χ1n) is 5.68. The fourth-order valence-electron chi connectivity index (χ4n) is 1.39. The van der Waals surface area contributed by atoms with Crippen molar-refractivity contribution in [2.75, 3.05) is 25.6 Å². The van der Waals surface area contributed by atoms with E-state index in [1.807, 2.05) is 0 Å². The van der Waals surface area contributed by atoms with Crippen LogP contribution in [0.4, 0.5) is 0 Å². The smallest absolute Gasteiger partial charge is 0.305 e. The van der Waals surface area contributed by atoms with Gasteiger partial charge in [-0.2, -0.15) is 0 Å². The van der Waals surface area contributed by atoms with Crippen molar-refractivity contribution in [1.29, 1.82) is 0 Å². The molecule has 2 N–H and O–H groups in total. The van der Waals surface area contributed by atoms with Gasteiger partial charge in [0.25, 0.3) is 0 Å². The Morgan fingerprint density at radius 1 is 0.944 bits per heavy atom. The number of carboxylic acids is 2. The molecule has 0 aromatic heterocycles. The maximum absolute atomic E-state index is 10.9. The fourth-order valence-corrected chi connectivity index (χ4v) is 3.68. The van der Waals surface area contributed by atoms with Crippen LogP contribution >= 0.6 is 7.92 Å². The van der Waals surface area contributed by atoms with Gasteiger partial charge in [-0.25, -0.2) is 0 Å². The lowest BCUT2D eigenvalue weighted by molar-refractivity contribution is -0.141. The predicted octanol–water partition coefficient (Wildman–Crippen LogP) is 1.37. The van der Waals surface area contributed by atoms with Crippen molar-refractivity contribution < 1.29 is 29.3 Å². The second kappa shape index (κ2) is 9.83. The number of hydrogen-bond donors (Lipinski definition) is 2. The van der Waals surface area contributed by atoms with Gasteiger partial charge in [-0.15, -0.1) is 7.92 Å². The van der Waals surface area contributed by atoms with Crippen molar-refractivity contribution in [3.8, 4) is 0 Å². The topological polar surface area (TPSA) is 101 Å². The zero-order chi connectivity index (χ0) is 14.0. The molecule has 0 aliphatic heterocycles. The van der Waals surface area contributed by atoms with E-state index in [0.717, 1.165) is 0 Å². The number of methoxy groups -OCH3 is 1. The number of rotatable bonds is 10. The molecule has 0 saturated carbocycles. The average Bonchev–Trinajstić information content (AvgIpc) is 2.31. The van der Waals surface area contributed by atoms with Crippen molar-refractivity contribution in [2.45, 2.75) is 25.7 Å². The molecule has 0 rings (SSSR count). The van der Waals surface area contributed by atoms with Crippen LogP contribution in [0.1, 0.15) is 25.7 Å².